The molecule has 0 spiro atoms. The highest BCUT2D eigenvalue weighted by molar-refractivity contribution is 6.00. The molecule has 1 saturated heterocycles. The summed E-state index contributed by atoms with van der Waals surface area (Å²) in [6, 6.07) is 4.92. The van der Waals surface area contributed by atoms with Gasteiger partial charge in [0.15, 0.2) is 0 Å². The quantitative estimate of drug-likeness (QED) is 0.886. The van der Waals surface area contributed by atoms with Crippen LogP contribution in [-0.4, -0.2) is 50.4 Å². The number of amides is 2. The van der Waals surface area contributed by atoms with E-state index < -0.39 is 23.6 Å². The van der Waals surface area contributed by atoms with Crippen molar-refractivity contribution < 1.29 is 22.8 Å². The molecule has 1 fully saturated rings. The number of halogens is 3. The number of carbonyl (C=O) groups is 2. The minimum Gasteiger partial charge on any atom is -0.355 e. The third-order valence-corrected chi connectivity index (χ3v) is 3.85. The van der Waals surface area contributed by atoms with E-state index in [0.29, 0.717) is 13.1 Å². The molecule has 1 aromatic rings. The Labute approximate surface area is 138 Å². The van der Waals surface area contributed by atoms with E-state index >= 15 is 0 Å². The number of anilines is 1. The third kappa shape index (κ3) is 4.25. The van der Waals surface area contributed by atoms with Crippen molar-refractivity contribution in [2.24, 2.45) is 5.92 Å². The molecule has 0 radical (unpaired) electrons. The monoisotopic (exact) mass is 343 g/mol. The number of hydrogen-bond donors (Lipinski definition) is 1. The van der Waals surface area contributed by atoms with Crippen LogP contribution < -0.4 is 10.2 Å². The summed E-state index contributed by atoms with van der Waals surface area (Å²) in [5.41, 5.74) is -1.06. The minimum atomic E-state index is -4.55. The van der Waals surface area contributed by atoms with E-state index in [1.165, 1.54) is 18.2 Å². The Balaban J connectivity index is 2.10. The fraction of sp³-hybridized carbons (Fsp3) is 0.500. The number of alkyl halides is 3. The summed E-state index contributed by atoms with van der Waals surface area (Å²) in [5.74, 6) is -1.42. The number of benzene rings is 1. The molecule has 0 bridgehead atoms. The average molecular weight is 343 g/mol. The van der Waals surface area contributed by atoms with Gasteiger partial charge in [0.1, 0.15) is 0 Å². The maximum absolute atomic E-state index is 13.1. The molecule has 24 heavy (non-hydrogen) atoms. The van der Waals surface area contributed by atoms with Crippen LogP contribution in [0, 0.1) is 5.92 Å². The van der Waals surface area contributed by atoms with Crippen molar-refractivity contribution in [1.82, 2.24) is 10.2 Å². The molecule has 1 aromatic carbocycles. The lowest BCUT2D eigenvalue weighted by molar-refractivity contribution is -0.137. The second-order valence-corrected chi connectivity index (χ2v) is 6.01. The normalized spacial score (nSPS) is 18.3. The van der Waals surface area contributed by atoms with Crippen LogP contribution in [0.25, 0.3) is 0 Å². The first-order valence-electron chi connectivity index (χ1n) is 7.59. The zero-order valence-corrected chi connectivity index (χ0v) is 13.6. The Kier molecular flexibility index (Phi) is 5.48. The van der Waals surface area contributed by atoms with Gasteiger partial charge in [0.05, 0.1) is 17.2 Å². The van der Waals surface area contributed by atoms with E-state index in [1.54, 1.807) is 0 Å². The molecule has 132 valence electrons. The van der Waals surface area contributed by atoms with E-state index in [0.717, 1.165) is 11.0 Å². The number of likely N-dealkylation sites (N-methyl/N-ethyl adjacent to an activating group) is 1. The van der Waals surface area contributed by atoms with E-state index in [9.17, 15) is 22.8 Å². The molecule has 1 aliphatic heterocycles. The molecule has 1 aliphatic rings. The Morgan fingerprint density at radius 2 is 2.00 bits per heavy atom. The summed E-state index contributed by atoms with van der Waals surface area (Å²) in [6.07, 6.45) is -4.64. The SMILES string of the molecule is CN(C)CCNC(=O)C1CC(=O)N(c2ccccc2C(F)(F)F)C1. The second-order valence-electron chi connectivity index (χ2n) is 6.01. The van der Waals surface area contributed by atoms with E-state index in [-0.39, 0.29) is 24.6 Å². The molecule has 2 rings (SSSR count). The van der Waals surface area contributed by atoms with Crippen LogP contribution >= 0.6 is 0 Å². The van der Waals surface area contributed by atoms with Gasteiger partial charge in [-0.2, -0.15) is 13.2 Å². The van der Waals surface area contributed by atoms with Gasteiger partial charge in [-0.1, -0.05) is 12.1 Å². The maximum atomic E-state index is 13.1. The van der Waals surface area contributed by atoms with Crippen LogP contribution in [0.2, 0.25) is 0 Å². The summed E-state index contributed by atoms with van der Waals surface area (Å²) in [5, 5.41) is 2.71. The third-order valence-electron chi connectivity index (χ3n) is 3.85. The summed E-state index contributed by atoms with van der Waals surface area (Å²) in [4.78, 5) is 27.2. The molecule has 0 aromatic heterocycles. The van der Waals surface area contributed by atoms with Crippen molar-refractivity contribution in [2.45, 2.75) is 12.6 Å². The largest absolute Gasteiger partial charge is 0.418 e. The van der Waals surface area contributed by atoms with Gasteiger partial charge >= 0.3 is 6.18 Å². The fourth-order valence-corrected chi connectivity index (χ4v) is 2.61. The van der Waals surface area contributed by atoms with Crippen molar-refractivity contribution in [2.75, 3.05) is 38.6 Å². The Hall–Kier alpha value is -2.09. The van der Waals surface area contributed by atoms with Crippen molar-refractivity contribution in [3.05, 3.63) is 29.8 Å². The van der Waals surface area contributed by atoms with Gasteiger partial charge in [-0.15, -0.1) is 0 Å². The summed E-state index contributed by atoms with van der Waals surface area (Å²) in [7, 11) is 3.72. The van der Waals surface area contributed by atoms with Crippen molar-refractivity contribution in [1.29, 1.82) is 0 Å². The molecule has 1 atom stereocenters. The van der Waals surface area contributed by atoms with Crippen LogP contribution in [0.3, 0.4) is 0 Å². The summed E-state index contributed by atoms with van der Waals surface area (Å²) >= 11 is 0. The Bertz CT molecular complexity index is 617. The van der Waals surface area contributed by atoms with Gasteiger partial charge in [-0.25, -0.2) is 0 Å². The molecule has 1 N–H and O–H groups in total. The van der Waals surface area contributed by atoms with Crippen LogP contribution in [0.5, 0.6) is 0 Å². The number of nitrogens with zero attached hydrogens (tertiary/aromatic N) is 2. The van der Waals surface area contributed by atoms with E-state index in [1.807, 2.05) is 19.0 Å². The lowest BCUT2D eigenvalue weighted by Gasteiger charge is -2.21. The summed E-state index contributed by atoms with van der Waals surface area (Å²) < 4.78 is 39.3. The predicted molar refractivity (Wildman–Crippen MR) is 83.5 cm³/mol. The van der Waals surface area contributed by atoms with Gasteiger partial charge in [-0.05, 0) is 26.2 Å². The topological polar surface area (TPSA) is 52.7 Å². The molecule has 8 heteroatoms. The van der Waals surface area contributed by atoms with Gasteiger partial charge in [0, 0.05) is 26.1 Å². The second kappa shape index (κ2) is 7.21. The van der Waals surface area contributed by atoms with Crippen molar-refractivity contribution in [3.63, 3.8) is 0 Å². The lowest BCUT2D eigenvalue weighted by Crippen LogP contribution is -2.37. The molecule has 2 amide bonds. The highest BCUT2D eigenvalue weighted by Gasteiger charge is 2.40. The van der Waals surface area contributed by atoms with Crippen molar-refractivity contribution in [3.8, 4) is 0 Å². The molecule has 0 aliphatic carbocycles. The number of carbonyl (C=O) groups excluding carboxylic acids is 2. The van der Waals surface area contributed by atoms with E-state index in [4.69, 9.17) is 0 Å². The van der Waals surface area contributed by atoms with Gasteiger partial charge < -0.3 is 15.1 Å². The Morgan fingerprint density at radius 3 is 2.62 bits per heavy atom. The fourth-order valence-electron chi connectivity index (χ4n) is 2.61. The first-order chi connectivity index (χ1) is 11.2. The van der Waals surface area contributed by atoms with Crippen molar-refractivity contribution >= 4 is 17.5 Å². The predicted octanol–water partition coefficient (Wildman–Crippen LogP) is 1.74. The number of nitrogens with one attached hydrogen (secondary N) is 1. The number of hydrogen-bond acceptors (Lipinski definition) is 3. The Morgan fingerprint density at radius 1 is 1.33 bits per heavy atom. The first kappa shape index (κ1) is 18.3. The van der Waals surface area contributed by atoms with Crippen LogP contribution in [0.4, 0.5) is 18.9 Å². The van der Waals surface area contributed by atoms with Crippen LogP contribution in [-0.2, 0) is 15.8 Å². The molecule has 5 nitrogen and oxygen atoms in total. The van der Waals surface area contributed by atoms with Gasteiger partial charge in [0.25, 0.3) is 0 Å². The highest BCUT2D eigenvalue weighted by Crippen LogP contribution is 2.38. The lowest BCUT2D eigenvalue weighted by atomic mass is 10.1. The smallest absolute Gasteiger partial charge is 0.355 e. The average Bonchev–Trinajstić information content (AvgIpc) is 2.88. The van der Waals surface area contributed by atoms with E-state index in [2.05, 4.69) is 5.32 Å². The maximum Gasteiger partial charge on any atom is 0.418 e. The van der Waals surface area contributed by atoms with Gasteiger partial charge in [-0.3, -0.25) is 9.59 Å². The molecular formula is C16H20F3N3O2. The zero-order valence-electron chi connectivity index (χ0n) is 13.6. The highest BCUT2D eigenvalue weighted by atomic mass is 19.4. The first-order valence-corrected chi connectivity index (χ1v) is 7.59. The molecule has 1 heterocycles. The summed E-state index contributed by atoms with van der Waals surface area (Å²) in [6.45, 7) is 1.03. The standard InChI is InChI=1S/C16H20F3N3O2/c1-21(2)8-7-20-15(24)11-9-14(23)22(10-11)13-6-4-3-5-12(13)16(17,18)19/h3-6,11H,7-10H2,1-2H3,(H,20,24). The number of para-hydroxylation sites is 1. The van der Waals surface area contributed by atoms with Crippen LogP contribution in [0.15, 0.2) is 24.3 Å². The molecule has 1 unspecified atom stereocenters. The van der Waals surface area contributed by atoms with Crippen LogP contribution in [0.1, 0.15) is 12.0 Å². The van der Waals surface area contributed by atoms with Gasteiger partial charge in [0.2, 0.25) is 11.8 Å². The minimum absolute atomic E-state index is 0.0419. The molecule has 0 saturated carbocycles. The zero-order chi connectivity index (χ0) is 17.9. The number of rotatable bonds is 5. The molecular weight excluding hydrogens is 323 g/mol.